The van der Waals surface area contributed by atoms with Crippen LogP contribution < -0.4 is 4.74 Å². The average molecular weight is 226 g/mol. The van der Waals surface area contributed by atoms with Crippen molar-refractivity contribution in [3.63, 3.8) is 0 Å². The molecular weight excluding hydrogens is 208 g/mol. The largest absolute Gasteiger partial charge is 0.612 e. The summed E-state index contributed by atoms with van der Waals surface area (Å²) in [5, 5.41) is 0. The Hall–Kier alpha value is -0.670. The molecule has 2 unspecified atom stereocenters. The van der Waals surface area contributed by atoms with E-state index >= 15 is 0 Å². The predicted octanol–water partition coefficient (Wildman–Crippen LogP) is 2.95. The minimum absolute atomic E-state index is 0.434. The molecule has 0 fully saturated rings. The third-order valence-corrected chi connectivity index (χ3v) is 3.59. The van der Waals surface area contributed by atoms with Gasteiger partial charge in [-0.1, -0.05) is 13.8 Å². The molecule has 0 bridgehead atoms. The Morgan fingerprint density at radius 2 is 2.13 bits per heavy atom. The van der Waals surface area contributed by atoms with Gasteiger partial charge in [-0.3, -0.25) is 0 Å². The van der Waals surface area contributed by atoms with Crippen molar-refractivity contribution in [1.29, 1.82) is 0 Å². The van der Waals surface area contributed by atoms with E-state index in [0.29, 0.717) is 5.92 Å². The van der Waals surface area contributed by atoms with Crippen LogP contribution in [0.1, 0.15) is 31.7 Å². The minimum atomic E-state index is -0.924. The van der Waals surface area contributed by atoms with Gasteiger partial charge in [0.25, 0.3) is 0 Å². The molecule has 0 radical (unpaired) electrons. The Morgan fingerprint density at radius 3 is 2.60 bits per heavy atom. The van der Waals surface area contributed by atoms with E-state index in [4.69, 9.17) is 4.74 Å². The molecule has 2 nitrogen and oxygen atoms in total. The number of hydrogen-bond acceptors (Lipinski definition) is 2. The van der Waals surface area contributed by atoms with Crippen molar-refractivity contribution in [2.75, 3.05) is 13.4 Å². The van der Waals surface area contributed by atoms with Crippen molar-refractivity contribution < 1.29 is 9.29 Å². The third kappa shape index (κ3) is 2.89. The van der Waals surface area contributed by atoms with Gasteiger partial charge in [0.15, 0.2) is 4.90 Å². The molecule has 2 atom stereocenters. The highest BCUT2D eigenvalue weighted by molar-refractivity contribution is 7.90. The Bertz CT molecular complexity index is 323. The van der Waals surface area contributed by atoms with E-state index < -0.39 is 11.2 Å². The number of ether oxygens (including phenoxy) is 1. The van der Waals surface area contributed by atoms with E-state index in [1.54, 1.807) is 13.4 Å². The van der Waals surface area contributed by atoms with Gasteiger partial charge in [0.05, 0.1) is 7.11 Å². The molecule has 1 aromatic carbocycles. The van der Waals surface area contributed by atoms with E-state index in [0.717, 1.165) is 22.6 Å². The summed E-state index contributed by atoms with van der Waals surface area (Å²) in [7, 11) is 1.67. The lowest BCUT2D eigenvalue weighted by Gasteiger charge is -2.15. The summed E-state index contributed by atoms with van der Waals surface area (Å²) in [5.41, 5.74) is 1.15. The van der Waals surface area contributed by atoms with Crippen LogP contribution in [0.25, 0.3) is 0 Å². The topological polar surface area (TPSA) is 32.3 Å². The maximum atomic E-state index is 11.4. The Morgan fingerprint density at radius 1 is 1.47 bits per heavy atom. The smallest absolute Gasteiger partial charge is 0.152 e. The second-order valence-corrected chi connectivity index (χ2v) is 5.05. The van der Waals surface area contributed by atoms with Gasteiger partial charge >= 0.3 is 0 Å². The maximum absolute atomic E-state index is 11.4. The first-order valence-electron chi connectivity index (χ1n) is 5.11. The maximum Gasteiger partial charge on any atom is 0.152 e. The van der Waals surface area contributed by atoms with Gasteiger partial charge in [0.2, 0.25) is 0 Å². The summed E-state index contributed by atoms with van der Waals surface area (Å²) in [6.07, 6.45) is 2.75. The van der Waals surface area contributed by atoms with Crippen molar-refractivity contribution >= 4 is 11.2 Å². The molecule has 0 heterocycles. The van der Waals surface area contributed by atoms with E-state index in [1.165, 1.54) is 0 Å². The van der Waals surface area contributed by atoms with Crippen molar-refractivity contribution in [2.24, 2.45) is 0 Å². The van der Waals surface area contributed by atoms with Crippen LogP contribution in [0.3, 0.4) is 0 Å². The zero-order valence-corrected chi connectivity index (χ0v) is 10.6. The molecule has 0 amide bonds. The fourth-order valence-electron chi connectivity index (χ4n) is 1.50. The highest BCUT2D eigenvalue weighted by atomic mass is 32.2. The normalized spacial score (nSPS) is 14.7. The van der Waals surface area contributed by atoms with Crippen LogP contribution in [0.5, 0.6) is 5.75 Å². The van der Waals surface area contributed by atoms with Crippen LogP contribution in [0.15, 0.2) is 23.1 Å². The first kappa shape index (κ1) is 12.4. The van der Waals surface area contributed by atoms with Crippen LogP contribution in [-0.2, 0) is 11.2 Å². The average Bonchev–Trinajstić information content (AvgIpc) is 2.27. The summed E-state index contributed by atoms with van der Waals surface area (Å²) in [6.45, 7) is 4.29. The quantitative estimate of drug-likeness (QED) is 0.739. The summed E-state index contributed by atoms with van der Waals surface area (Å²) in [6, 6.07) is 5.75. The molecule has 84 valence electrons. The van der Waals surface area contributed by atoms with E-state index in [9.17, 15) is 4.55 Å². The third-order valence-electron chi connectivity index (χ3n) is 2.68. The Kier molecular flexibility index (Phi) is 4.48. The van der Waals surface area contributed by atoms with E-state index in [2.05, 4.69) is 13.8 Å². The molecule has 0 aliphatic rings. The molecular formula is C12H18O2S. The van der Waals surface area contributed by atoms with Crippen molar-refractivity contribution in [1.82, 2.24) is 0 Å². The predicted molar refractivity (Wildman–Crippen MR) is 64.0 cm³/mol. The van der Waals surface area contributed by atoms with Crippen LogP contribution in [0, 0.1) is 0 Å². The lowest BCUT2D eigenvalue weighted by Crippen LogP contribution is -2.02. The van der Waals surface area contributed by atoms with Crippen molar-refractivity contribution in [2.45, 2.75) is 31.1 Å². The number of hydrogen-bond donors (Lipinski definition) is 0. The van der Waals surface area contributed by atoms with Gasteiger partial charge < -0.3 is 9.29 Å². The zero-order chi connectivity index (χ0) is 11.4. The van der Waals surface area contributed by atoms with Crippen LogP contribution in [0.2, 0.25) is 0 Å². The highest BCUT2D eigenvalue weighted by Gasteiger charge is 2.14. The fourth-order valence-corrected chi connectivity index (χ4v) is 2.05. The molecule has 0 aliphatic heterocycles. The second-order valence-electron chi connectivity index (χ2n) is 3.67. The molecule has 1 aromatic rings. The highest BCUT2D eigenvalue weighted by Crippen LogP contribution is 2.30. The Balaban J connectivity index is 3.13. The van der Waals surface area contributed by atoms with Gasteiger partial charge in [-0.15, -0.1) is 0 Å². The Labute approximate surface area is 94.8 Å². The van der Waals surface area contributed by atoms with Crippen molar-refractivity contribution in [3.8, 4) is 5.75 Å². The van der Waals surface area contributed by atoms with Crippen LogP contribution in [0.4, 0.5) is 0 Å². The number of rotatable bonds is 4. The summed E-state index contributed by atoms with van der Waals surface area (Å²) < 4.78 is 16.7. The summed E-state index contributed by atoms with van der Waals surface area (Å²) in [4.78, 5) is 0.867. The minimum Gasteiger partial charge on any atom is -0.612 e. The molecule has 1 rings (SSSR count). The SMILES string of the molecule is CCC(C)c1cc([S+](C)[O-])ccc1OC. The van der Waals surface area contributed by atoms with Gasteiger partial charge in [-0.05, 0) is 35.6 Å². The molecule has 0 N–H and O–H groups in total. The van der Waals surface area contributed by atoms with E-state index in [-0.39, 0.29) is 0 Å². The zero-order valence-electron chi connectivity index (χ0n) is 9.74. The summed E-state index contributed by atoms with van der Waals surface area (Å²) >= 11 is -0.924. The molecule has 0 saturated heterocycles. The molecule has 0 aliphatic carbocycles. The van der Waals surface area contributed by atoms with Gasteiger partial charge in [-0.2, -0.15) is 0 Å². The lowest BCUT2D eigenvalue weighted by atomic mass is 9.98. The molecule has 15 heavy (non-hydrogen) atoms. The van der Waals surface area contributed by atoms with E-state index in [1.807, 2.05) is 18.2 Å². The first-order valence-corrected chi connectivity index (χ1v) is 6.67. The van der Waals surface area contributed by atoms with Gasteiger partial charge in [0, 0.05) is 11.6 Å². The van der Waals surface area contributed by atoms with Crippen LogP contribution >= 0.6 is 0 Å². The first-order chi connectivity index (χ1) is 7.10. The molecule has 0 saturated carbocycles. The number of methoxy groups -OCH3 is 1. The molecule has 0 aromatic heterocycles. The standard InChI is InChI=1S/C12H18O2S/c1-5-9(2)11-8-10(15(4)13)6-7-12(11)14-3/h6-9H,5H2,1-4H3. The van der Waals surface area contributed by atoms with Gasteiger partial charge in [-0.25, -0.2) is 0 Å². The summed E-state index contributed by atoms with van der Waals surface area (Å²) in [5.74, 6) is 1.32. The fraction of sp³-hybridized carbons (Fsp3) is 0.500. The van der Waals surface area contributed by atoms with Gasteiger partial charge in [0.1, 0.15) is 12.0 Å². The second kappa shape index (κ2) is 5.42. The number of benzene rings is 1. The monoisotopic (exact) mass is 226 g/mol. The van der Waals surface area contributed by atoms with Crippen LogP contribution in [-0.4, -0.2) is 17.9 Å². The lowest BCUT2D eigenvalue weighted by molar-refractivity contribution is 0.405. The molecule has 0 spiro atoms. The van der Waals surface area contributed by atoms with Crippen molar-refractivity contribution in [3.05, 3.63) is 23.8 Å². The molecule has 3 heteroatoms.